The first kappa shape index (κ1) is 14.4. The van der Waals surface area contributed by atoms with Gasteiger partial charge in [-0.2, -0.15) is 0 Å². The molecular formula is C14H9BrCl2O2. The highest BCUT2D eigenvalue weighted by atomic mass is 79.9. The van der Waals surface area contributed by atoms with Crippen molar-refractivity contribution >= 4 is 44.4 Å². The Morgan fingerprint density at radius 1 is 1.21 bits per heavy atom. The molecule has 0 atom stereocenters. The van der Waals surface area contributed by atoms with Crippen molar-refractivity contribution in [2.45, 2.75) is 6.61 Å². The Morgan fingerprint density at radius 3 is 2.63 bits per heavy atom. The molecule has 0 aliphatic heterocycles. The molecule has 0 radical (unpaired) electrons. The molecule has 2 rings (SSSR count). The third kappa shape index (κ3) is 3.72. The number of hydrogen-bond donors (Lipinski definition) is 0. The number of rotatable bonds is 4. The van der Waals surface area contributed by atoms with Crippen LogP contribution in [0, 0.1) is 0 Å². The van der Waals surface area contributed by atoms with Crippen LogP contribution in [-0.4, -0.2) is 5.24 Å². The van der Waals surface area contributed by atoms with Crippen molar-refractivity contribution in [3.05, 3.63) is 63.1 Å². The minimum atomic E-state index is -0.560. The van der Waals surface area contributed by atoms with Crippen LogP contribution in [0.4, 0.5) is 0 Å². The monoisotopic (exact) mass is 358 g/mol. The van der Waals surface area contributed by atoms with Crippen molar-refractivity contribution in [1.82, 2.24) is 0 Å². The van der Waals surface area contributed by atoms with Gasteiger partial charge in [-0.3, -0.25) is 4.79 Å². The van der Waals surface area contributed by atoms with Gasteiger partial charge >= 0.3 is 0 Å². The number of benzene rings is 2. The summed E-state index contributed by atoms with van der Waals surface area (Å²) in [5, 5.41) is 0.0637. The summed E-state index contributed by atoms with van der Waals surface area (Å²) in [6.45, 7) is 0.276. The van der Waals surface area contributed by atoms with Crippen LogP contribution in [-0.2, 0) is 6.61 Å². The normalized spacial score (nSPS) is 10.3. The smallest absolute Gasteiger partial charge is 0.256 e. The topological polar surface area (TPSA) is 26.3 Å². The van der Waals surface area contributed by atoms with E-state index in [-0.39, 0.29) is 6.61 Å². The first-order chi connectivity index (χ1) is 9.08. The molecule has 2 aromatic carbocycles. The van der Waals surface area contributed by atoms with Gasteiger partial charge in [0.1, 0.15) is 12.4 Å². The molecule has 0 aliphatic carbocycles. The first-order valence-corrected chi connectivity index (χ1v) is 6.98. The fourth-order valence-corrected chi connectivity index (χ4v) is 2.25. The van der Waals surface area contributed by atoms with Gasteiger partial charge in [0, 0.05) is 15.1 Å². The molecule has 0 fully saturated rings. The van der Waals surface area contributed by atoms with Gasteiger partial charge < -0.3 is 4.74 Å². The van der Waals surface area contributed by atoms with Crippen LogP contribution in [0.3, 0.4) is 0 Å². The molecule has 0 amide bonds. The molecule has 0 N–H and O–H groups in total. The highest BCUT2D eigenvalue weighted by molar-refractivity contribution is 9.10. The highest BCUT2D eigenvalue weighted by Gasteiger charge is 2.11. The maximum absolute atomic E-state index is 11.3. The Kier molecular flexibility index (Phi) is 4.86. The maximum atomic E-state index is 11.3. The number of carbonyl (C=O) groups is 1. The van der Waals surface area contributed by atoms with Crippen LogP contribution in [0.1, 0.15) is 15.9 Å². The second-order valence-electron chi connectivity index (χ2n) is 3.79. The zero-order valence-corrected chi connectivity index (χ0v) is 12.8. The highest BCUT2D eigenvalue weighted by Crippen LogP contribution is 2.26. The molecule has 0 aromatic heterocycles. The van der Waals surface area contributed by atoms with Crippen LogP contribution in [0.25, 0.3) is 0 Å². The van der Waals surface area contributed by atoms with Gasteiger partial charge in [-0.15, -0.1) is 0 Å². The van der Waals surface area contributed by atoms with Crippen molar-refractivity contribution in [2.75, 3.05) is 0 Å². The number of carbonyl (C=O) groups excluding carboxylic acids is 1. The Balaban J connectivity index is 2.20. The predicted molar refractivity (Wildman–Crippen MR) is 80.1 cm³/mol. The molecule has 0 spiro atoms. The van der Waals surface area contributed by atoms with Crippen molar-refractivity contribution in [1.29, 1.82) is 0 Å². The van der Waals surface area contributed by atoms with E-state index < -0.39 is 5.24 Å². The third-order valence-corrected chi connectivity index (χ3v) is 3.56. The molecule has 0 heterocycles. The maximum Gasteiger partial charge on any atom is 0.256 e. The largest absolute Gasteiger partial charge is 0.488 e. The fraction of sp³-hybridized carbons (Fsp3) is 0.0714. The number of halogens is 3. The van der Waals surface area contributed by atoms with Crippen molar-refractivity contribution in [2.24, 2.45) is 0 Å². The molecule has 2 nitrogen and oxygen atoms in total. The lowest BCUT2D eigenvalue weighted by molar-refractivity contribution is 0.107. The fourth-order valence-electron chi connectivity index (χ4n) is 1.55. The minimum Gasteiger partial charge on any atom is -0.488 e. The Morgan fingerprint density at radius 2 is 1.95 bits per heavy atom. The van der Waals surface area contributed by atoms with Gasteiger partial charge in [-0.1, -0.05) is 45.7 Å². The summed E-state index contributed by atoms with van der Waals surface area (Å²) in [4.78, 5) is 11.3. The Labute approximate surface area is 129 Å². The Bertz CT molecular complexity index is 614. The standard InChI is InChI=1S/C14H9BrCl2O2/c15-10-5-6-13(11(7-10)14(17)18)19-8-9-3-1-2-4-12(9)16/h1-7H,8H2. The van der Waals surface area contributed by atoms with Crippen LogP contribution in [0.5, 0.6) is 5.75 Å². The molecule has 19 heavy (non-hydrogen) atoms. The van der Waals surface area contributed by atoms with E-state index in [0.717, 1.165) is 10.0 Å². The third-order valence-electron chi connectivity index (χ3n) is 2.49. The molecule has 0 aliphatic rings. The second-order valence-corrected chi connectivity index (χ2v) is 5.46. The predicted octanol–water partition coefficient (Wildman–Crippen LogP) is 5.06. The summed E-state index contributed by atoms with van der Waals surface area (Å²) < 4.78 is 6.38. The van der Waals surface area contributed by atoms with Crippen LogP contribution in [0.2, 0.25) is 5.02 Å². The first-order valence-electron chi connectivity index (χ1n) is 5.43. The quantitative estimate of drug-likeness (QED) is 0.713. The van der Waals surface area contributed by atoms with E-state index in [4.69, 9.17) is 27.9 Å². The molecule has 5 heteroatoms. The summed E-state index contributed by atoms with van der Waals surface area (Å²) in [7, 11) is 0. The zero-order valence-electron chi connectivity index (χ0n) is 9.70. The van der Waals surface area contributed by atoms with Gasteiger partial charge in [0.2, 0.25) is 0 Å². The van der Waals surface area contributed by atoms with Gasteiger partial charge in [0.15, 0.2) is 0 Å². The van der Waals surface area contributed by atoms with Crippen molar-refractivity contribution in [3.63, 3.8) is 0 Å². The van der Waals surface area contributed by atoms with E-state index in [1.165, 1.54) is 0 Å². The summed E-state index contributed by atoms with van der Waals surface area (Å²) in [5.74, 6) is 0.433. The summed E-state index contributed by atoms with van der Waals surface area (Å²) >= 11 is 14.8. The molecule has 98 valence electrons. The van der Waals surface area contributed by atoms with Gasteiger partial charge in [-0.25, -0.2) is 0 Å². The molecule has 0 unspecified atom stereocenters. The van der Waals surface area contributed by atoms with E-state index in [1.807, 2.05) is 18.2 Å². The summed E-state index contributed by atoms with van der Waals surface area (Å²) in [5.41, 5.74) is 1.17. The van der Waals surface area contributed by atoms with E-state index in [0.29, 0.717) is 16.3 Å². The summed E-state index contributed by atoms with van der Waals surface area (Å²) in [6, 6.07) is 12.5. The second kappa shape index (κ2) is 6.42. The van der Waals surface area contributed by atoms with E-state index in [1.54, 1.807) is 24.3 Å². The average Bonchev–Trinajstić information content (AvgIpc) is 2.38. The molecule has 2 aromatic rings. The molecular weight excluding hydrogens is 351 g/mol. The lowest BCUT2D eigenvalue weighted by Gasteiger charge is -2.10. The SMILES string of the molecule is O=C(Cl)c1cc(Br)ccc1OCc1ccccc1Cl. The van der Waals surface area contributed by atoms with Crippen molar-refractivity contribution in [3.8, 4) is 5.75 Å². The lowest BCUT2D eigenvalue weighted by Crippen LogP contribution is -2.01. The number of ether oxygens (including phenoxy) is 1. The van der Waals surface area contributed by atoms with Gasteiger partial charge in [0.05, 0.1) is 5.56 Å². The van der Waals surface area contributed by atoms with Gasteiger partial charge in [0.25, 0.3) is 5.24 Å². The van der Waals surface area contributed by atoms with Crippen LogP contribution in [0.15, 0.2) is 46.9 Å². The molecule has 0 saturated heterocycles. The summed E-state index contributed by atoms with van der Waals surface area (Å²) in [6.07, 6.45) is 0. The Hall–Kier alpha value is -1.03. The van der Waals surface area contributed by atoms with E-state index in [2.05, 4.69) is 15.9 Å². The number of hydrogen-bond acceptors (Lipinski definition) is 2. The van der Waals surface area contributed by atoms with E-state index in [9.17, 15) is 4.79 Å². The average molecular weight is 360 g/mol. The molecule has 0 saturated carbocycles. The lowest BCUT2D eigenvalue weighted by atomic mass is 10.2. The van der Waals surface area contributed by atoms with Gasteiger partial charge in [-0.05, 0) is 35.9 Å². The van der Waals surface area contributed by atoms with Crippen LogP contribution >= 0.6 is 39.1 Å². The van der Waals surface area contributed by atoms with Crippen molar-refractivity contribution < 1.29 is 9.53 Å². The minimum absolute atomic E-state index is 0.276. The van der Waals surface area contributed by atoms with E-state index >= 15 is 0 Å². The zero-order chi connectivity index (χ0) is 13.8. The molecule has 0 bridgehead atoms. The van der Waals surface area contributed by atoms with Crippen LogP contribution < -0.4 is 4.74 Å².